The van der Waals surface area contributed by atoms with Crippen molar-refractivity contribution in [2.75, 3.05) is 14.2 Å². The van der Waals surface area contributed by atoms with E-state index in [1.165, 1.54) is 14.2 Å². The summed E-state index contributed by atoms with van der Waals surface area (Å²) in [6, 6.07) is 11.2. The lowest BCUT2D eigenvalue weighted by Gasteiger charge is -2.13. The van der Waals surface area contributed by atoms with Crippen LogP contribution in [0.2, 0.25) is 5.02 Å². The van der Waals surface area contributed by atoms with Crippen LogP contribution in [0.4, 0.5) is 0 Å². The first kappa shape index (κ1) is 15.4. The van der Waals surface area contributed by atoms with Crippen molar-refractivity contribution in [3.63, 3.8) is 0 Å². The fourth-order valence-corrected chi connectivity index (χ4v) is 2.51. The first-order chi connectivity index (χ1) is 10.1. The van der Waals surface area contributed by atoms with Crippen molar-refractivity contribution in [2.24, 2.45) is 0 Å². The number of benzene rings is 2. The predicted octanol–water partition coefficient (Wildman–Crippen LogP) is 4.09. The second-order valence-corrected chi connectivity index (χ2v) is 5.07. The Labute approximate surface area is 129 Å². The summed E-state index contributed by atoms with van der Waals surface area (Å²) in [5.41, 5.74) is 2.55. The fraction of sp³-hybridized carbons (Fsp3) is 0.235. The van der Waals surface area contributed by atoms with Crippen LogP contribution in [0, 0.1) is 6.92 Å². The van der Waals surface area contributed by atoms with Gasteiger partial charge in [-0.3, -0.25) is 4.79 Å². The number of carbonyl (C=O) groups excluding carboxylic acids is 1. The molecule has 4 heteroatoms. The number of hydrogen-bond donors (Lipinski definition) is 0. The van der Waals surface area contributed by atoms with Crippen LogP contribution in [0.3, 0.4) is 0 Å². The van der Waals surface area contributed by atoms with E-state index < -0.39 is 0 Å². The topological polar surface area (TPSA) is 35.5 Å². The third-order valence-electron chi connectivity index (χ3n) is 3.40. The lowest BCUT2D eigenvalue weighted by Crippen LogP contribution is -2.07. The SMILES string of the molecule is COc1ccc(C(=O)Cc2ccccc2C)c(OC)c1Cl. The molecule has 0 saturated carbocycles. The summed E-state index contributed by atoms with van der Waals surface area (Å²) in [6.45, 7) is 1.99. The van der Waals surface area contributed by atoms with Gasteiger partial charge < -0.3 is 9.47 Å². The zero-order valence-corrected chi connectivity index (χ0v) is 13.0. The van der Waals surface area contributed by atoms with E-state index in [2.05, 4.69) is 0 Å². The molecular weight excluding hydrogens is 288 g/mol. The highest BCUT2D eigenvalue weighted by atomic mass is 35.5. The highest BCUT2D eigenvalue weighted by Gasteiger charge is 2.19. The van der Waals surface area contributed by atoms with Gasteiger partial charge in [0.2, 0.25) is 0 Å². The zero-order chi connectivity index (χ0) is 15.4. The van der Waals surface area contributed by atoms with E-state index in [0.717, 1.165) is 11.1 Å². The number of rotatable bonds is 5. The highest BCUT2D eigenvalue weighted by Crippen LogP contribution is 2.37. The molecule has 21 heavy (non-hydrogen) atoms. The maximum Gasteiger partial charge on any atom is 0.171 e. The van der Waals surface area contributed by atoms with Gasteiger partial charge in [-0.1, -0.05) is 35.9 Å². The molecule has 0 aliphatic rings. The number of methoxy groups -OCH3 is 2. The van der Waals surface area contributed by atoms with Crippen molar-refractivity contribution >= 4 is 17.4 Å². The van der Waals surface area contributed by atoms with E-state index >= 15 is 0 Å². The third kappa shape index (κ3) is 3.19. The second kappa shape index (κ2) is 6.64. The zero-order valence-electron chi connectivity index (χ0n) is 12.3. The summed E-state index contributed by atoms with van der Waals surface area (Å²) in [5, 5.41) is 0.315. The molecule has 2 aromatic carbocycles. The van der Waals surface area contributed by atoms with E-state index in [1.807, 2.05) is 31.2 Å². The number of aryl methyl sites for hydroxylation is 1. The summed E-state index contributed by atoms with van der Waals surface area (Å²) in [5.74, 6) is 0.807. The van der Waals surface area contributed by atoms with Gasteiger partial charge in [-0.2, -0.15) is 0 Å². The summed E-state index contributed by atoms with van der Waals surface area (Å²) < 4.78 is 10.4. The number of ether oxygens (including phenoxy) is 2. The van der Waals surface area contributed by atoms with Crippen LogP contribution >= 0.6 is 11.6 Å². The van der Waals surface area contributed by atoms with Crippen molar-refractivity contribution in [2.45, 2.75) is 13.3 Å². The van der Waals surface area contributed by atoms with Gasteiger partial charge in [-0.25, -0.2) is 0 Å². The van der Waals surface area contributed by atoms with E-state index in [0.29, 0.717) is 28.5 Å². The Morgan fingerprint density at radius 3 is 2.43 bits per heavy atom. The van der Waals surface area contributed by atoms with Crippen molar-refractivity contribution < 1.29 is 14.3 Å². The smallest absolute Gasteiger partial charge is 0.171 e. The van der Waals surface area contributed by atoms with Crippen LogP contribution in [0.1, 0.15) is 21.5 Å². The lowest BCUT2D eigenvalue weighted by molar-refractivity contribution is 0.0990. The molecule has 0 bridgehead atoms. The minimum absolute atomic E-state index is 0.0364. The Balaban J connectivity index is 2.36. The molecule has 0 N–H and O–H groups in total. The molecule has 0 unspecified atom stereocenters. The van der Waals surface area contributed by atoms with E-state index in [4.69, 9.17) is 21.1 Å². The normalized spacial score (nSPS) is 10.3. The molecule has 2 aromatic rings. The Bertz CT molecular complexity index is 665. The average molecular weight is 305 g/mol. The average Bonchev–Trinajstić information content (AvgIpc) is 2.49. The molecule has 0 heterocycles. The van der Waals surface area contributed by atoms with Gasteiger partial charge in [-0.05, 0) is 30.2 Å². The number of carbonyl (C=O) groups is 1. The van der Waals surface area contributed by atoms with E-state index in [-0.39, 0.29) is 5.78 Å². The highest BCUT2D eigenvalue weighted by molar-refractivity contribution is 6.34. The molecule has 3 nitrogen and oxygen atoms in total. The van der Waals surface area contributed by atoms with E-state index in [1.54, 1.807) is 12.1 Å². The maximum absolute atomic E-state index is 12.5. The monoisotopic (exact) mass is 304 g/mol. The Morgan fingerprint density at radius 1 is 1.10 bits per heavy atom. The summed E-state index contributed by atoms with van der Waals surface area (Å²) in [6.07, 6.45) is 0.311. The van der Waals surface area contributed by atoms with Crippen LogP contribution in [0.25, 0.3) is 0 Å². The molecular formula is C17H17ClO3. The lowest BCUT2D eigenvalue weighted by atomic mass is 9.99. The first-order valence-electron chi connectivity index (χ1n) is 6.56. The number of ketones is 1. The van der Waals surface area contributed by atoms with Crippen LogP contribution in [0.5, 0.6) is 11.5 Å². The van der Waals surface area contributed by atoms with Gasteiger partial charge in [0.25, 0.3) is 0 Å². The molecule has 0 spiro atoms. The molecule has 0 amide bonds. The molecule has 0 aliphatic carbocycles. The first-order valence-corrected chi connectivity index (χ1v) is 6.94. The summed E-state index contributed by atoms with van der Waals surface area (Å²) in [4.78, 5) is 12.5. The largest absolute Gasteiger partial charge is 0.495 e. The molecule has 0 aliphatic heterocycles. The van der Waals surface area contributed by atoms with Gasteiger partial charge in [0.1, 0.15) is 10.8 Å². The quantitative estimate of drug-likeness (QED) is 0.780. The Morgan fingerprint density at radius 2 is 1.81 bits per heavy atom. The second-order valence-electron chi connectivity index (χ2n) is 4.69. The van der Waals surface area contributed by atoms with Crippen LogP contribution in [-0.2, 0) is 6.42 Å². The fourth-order valence-electron chi connectivity index (χ4n) is 2.19. The minimum atomic E-state index is -0.0364. The Kier molecular flexibility index (Phi) is 4.86. The molecule has 0 aromatic heterocycles. The van der Waals surface area contributed by atoms with Gasteiger partial charge in [-0.15, -0.1) is 0 Å². The molecule has 2 rings (SSSR count). The van der Waals surface area contributed by atoms with Gasteiger partial charge in [0.15, 0.2) is 11.5 Å². The third-order valence-corrected chi connectivity index (χ3v) is 3.76. The van der Waals surface area contributed by atoms with Crippen molar-refractivity contribution in [3.8, 4) is 11.5 Å². The van der Waals surface area contributed by atoms with Crippen molar-refractivity contribution in [1.29, 1.82) is 0 Å². The Hall–Kier alpha value is -2.00. The van der Waals surface area contributed by atoms with Gasteiger partial charge >= 0.3 is 0 Å². The number of Topliss-reactive ketones (excluding diaryl/α,β-unsaturated/α-hetero) is 1. The molecule has 0 saturated heterocycles. The van der Waals surface area contributed by atoms with Gasteiger partial charge in [0.05, 0.1) is 19.8 Å². The van der Waals surface area contributed by atoms with E-state index in [9.17, 15) is 4.79 Å². The maximum atomic E-state index is 12.5. The summed E-state index contributed by atoms with van der Waals surface area (Å²) >= 11 is 6.19. The number of halogens is 1. The standard InChI is InChI=1S/C17H17ClO3/c1-11-6-4-5-7-12(11)10-14(19)13-8-9-15(20-2)16(18)17(13)21-3/h4-9H,10H2,1-3H3. The molecule has 110 valence electrons. The van der Waals surface area contributed by atoms with Crippen LogP contribution in [-0.4, -0.2) is 20.0 Å². The predicted molar refractivity (Wildman–Crippen MR) is 83.8 cm³/mol. The minimum Gasteiger partial charge on any atom is -0.495 e. The van der Waals surface area contributed by atoms with Crippen LogP contribution in [0.15, 0.2) is 36.4 Å². The molecule has 0 radical (unpaired) electrons. The molecule has 0 fully saturated rings. The number of hydrogen-bond acceptors (Lipinski definition) is 3. The van der Waals surface area contributed by atoms with Gasteiger partial charge in [0, 0.05) is 6.42 Å². The molecule has 0 atom stereocenters. The summed E-state index contributed by atoms with van der Waals surface area (Å²) in [7, 11) is 3.01. The van der Waals surface area contributed by atoms with Crippen LogP contribution < -0.4 is 9.47 Å². The van der Waals surface area contributed by atoms with Crippen molar-refractivity contribution in [3.05, 3.63) is 58.1 Å². The van der Waals surface area contributed by atoms with Crippen molar-refractivity contribution in [1.82, 2.24) is 0 Å².